The van der Waals surface area contributed by atoms with Gasteiger partial charge in [0, 0.05) is 38.2 Å². The molecule has 4 heterocycles. The normalized spacial score (nSPS) is 23.6. The fourth-order valence-corrected chi connectivity index (χ4v) is 3.89. The highest BCUT2D eigenvalue weighted by Crippen LogP contribution is 2.39. The lowest BCUT2D eigenvalue weighted by molar-refractivity contribution is -0.137. The molecule has 2 fully saturated rings. The molecule has 5 nitrogen and oxygen atoms in total. The molecule has 25 heavy (non-hydrogen) atoms. The maximum Gasteiger partial charge on any atom is 0.419 e. The van der Waals surface area contributed by atoms with Crippen molar-refractivity contribution in [2.75, 3.05) is 29.4 Å². The van der Waals surface area contributed by atoms with Gasteiger partial charge in [-0.1, -0.05) is 0 Å². The number of alkyl halides is 3. The molecule has 4 rings (SSSR count). The lowest BCUT2D eigenvalue weighted by atomic mass is 9.92. The van der Waals surface area contributed by atoms with E-state index in [0.717, 1.165) is 25.5 Å². The number of pyridine rings is 1. The van der Waals surface area contributed by atoms with E-state index in [4.69, 9.17) is 0 Å². The second-order valence-electron chi connectivity index (χ2n) is 6.47. The number of fused-ring (bicyclic) bond motifs is 1. The van der Waals surface area contributed by atoms with Crippen molar-refractivity contribution < 1.29 is 13.2 Å². The predicted molar refractivity (Wildman–Crippen MR) is 87.3 cm³/mol. The first-order valence-electron chi connectivity index (χ1n) is 8.35. The minimum absolute atomic E-state index is 0.0225. The Morgan fingerprint density at radius 1 is 0.960 bits per heavy atom. The van der Waals surface area contributed by atoms with Gasteiger partial charge in [0.2, 0.25) is 5.95 Å². The van der Waals surface area contributed by atoms with E-state index in [9.17, 15) is 13.2 Å². The third kappa shape index (κ3) is 3.01. The van der Waals surface area contributed by atoms with Gasteiger partial charge in [-0.25, -0.2) is 15.0 Å². The van der Waals surface area contributed by atoms with Crippen molar-refractivity contribution in [1.29, 1.82) is 0 Å². The third-order valence-electron chi connectivity index (χ3n) is 5.06. The van der Waals surface area contributed by atoms with Crippen LogP contribution in [0.5, 0.6) is 0 Å². The predicted octanol–water partition coefficient (Wildman–Crippen LogP) is 3.00. The Morgan fingerprint density at radius 2 is 1.68 bits per heavy atom. The molecule has 0 aliphatic carbocycles. The zero-order chi connectivity index (χ0) is 17.4. The highest BCUT2D eigenvalue weighted by atomic mass is 19.4. The lowest BCUT2D eigenvalue weighted by Gasteiger charge is -2.39. The zero-order valence-electron chi connectivity index (χ0n) is 13.5. The quantitative estimate of drug-likeness (QED) is 0.834. The van der Waals surface area contributed by atoms with Crippen molar-refractivity contribution in [3.05, 3.63) is 42.4 Å². The number of aromatic nitrogens is 3. The van der Waals surface area contributed by atoms with Crippen LogP contribution in [0.1, 0.15) is 18.4 Å². The molecule has 132 valence electrons. The Kier molecular flexibility index (Phi) is 3.97. The van der Waals surface area contributed by atoms with Crippen molar-refractivity contribution in [2.24, 2.45) is 5.92 Å². The summed E-state index contributed by atoms with van der Waals surface area (Å²) in [4.78, 5) is 16.5. The minimum atomic E-state index is -4.40. The molecular formula is C17H18F3N5. The molecule has 2 aliphatic rings. The van der Waals surface area contributed by atoms with Crippen LogP contribution in [0.15, 0.2) is 36.8 Å². The molecule has 2 atom stereocenters. The summed E-state index contributed by atoms with van der Waals surface area (Å²) in [5, 5.41) is 0. The van der Waals surface area contributed by atoms with Gasteiger partial charge in [-0.05, 0) is 37.0 Å². The molecule has 0 bridgehead atoms. The van der Waals surface area contributed by atoms with Gasteiger partial charge in [0.05, 0.1) is 11.6 Å². The van der Waals surface area contributed by atoms with E-state index in [1.807, 2.05) is 0 Å². The number of rotatable bonds is 2. The SMILES string of the molecule is FC(F)(F)c1cccnc1N1CCC2CCN(c3ncccn3)C2C1. The number of nitrogens with zero attached hydrogens (tertiary/aromatic N) is 5. The van der Waals surface area contributed by atoms with E-state index in [1.54, 1.807) is 23.4 Å². The summed E-state index contributed by atoms with van der Waals surface area (Å²) < 4.78 is 39.9. The second kappa shape index (κ2) is 6.16. The Hall–Kier alpha value is -2.38. The van der Waals surface area contributed by atoms with Gasteiger partial charge < -0.3 is 9.80 Å². The zero-order valence-corrected chi connectivity index (χ0v) is 13.5. The molecule has 2 aromatic rings. The summed E-state index contributed by atoms with van der Waals surface area (Å²) in [7, 11) is 0. The molecule has 2 saturated heterocycles. The second-order valence-corrected chi connectivity index (χ2v) is 6.47. The molecule has 2 unspecified atom stereocenters. The molecule has 0 radical (unpaired) electrons. The summed E-state index contributed by atoms with van der Waals surface area (Å²) in [5.41, 5.74) is -0.672. The first kappa shape index (κ1) is 16.1. The van der Waals surface area contributed by atoms with E-state index in [2.05, 4.69) is 19.9 Å². The maximum atomic E-state index is 13.3. The van der Waals surface area contributed by atoms with Crippen LogP contribution in [0.4, 0.5) is 24.9 Å². The van der Waals surface area contributed by atoms with Crippen molar-refractivity contribution in [3.8, 4) is 0 Å². The van der Waals surface area contributed by atoms with Crippen molar-refractivity contribution >= 4 is 11.8 Å². The lowest BCUT2D eigenvalue weighted by Crippen LogP contribution is -2.49. The Morgan fingerprint density at radius 3 is 2.44 bits per heavy atom. The third-order valence-corrected chi connectivity index (χ3v) is 5.06. The summed E-state index contributed by atoms with van der Waals surface area (Å²) in [6.07, 6.45) is 2.27. The van der Waals surface area contributed by atoms with Crippen LogP contribution in [0.3, 0.4) is 0 Å². The number of hydrogen-bond donors (Lipinski definition) is 0. The summed E-state index contributed by atoms with van der Waals surface area (Å²) >= 11 is 0. The number of piperidine rings is 1. The minimum Gasteiger partial charge on any atom is -0.354 e. The van der Waals surface area contributed by atoms with Crippen molar-refractivity contribution in [1.82, 2.24) is 15.0 Å². The van der Waals surface area contributed by atoms with Gasteiger partial charge in [-0.2, -0.15) is 13.2 Å². The molecule has 0 saturated carbocycles. The Labute approximate surface area is 143 Å². The van der Waals surface area contributed by atoms with E-state index < -0.39 is 11.7 Å². The highest BCUT2D eigenvalue weighted by molar-refractivity contribution is 5.50. The van der Waals surface area contributed by atoms with E-state index in [-0.39, 0.29) is 11.9 Å². The molecule has 0 amide bonds. The number of hydrogen-bond acceptors (Lipinski definition) is 5. The smallest absolute Gasteiger partial charge is 0.354 e. The van der Waals surface area contributed by atoms with E-state index in [0.29, 0.717) is 25.0 Å². The maximum absolute atomic E-state index is 13.3. The monoisotopic (exact) mass is 349 g/mol. The van der Waals surface area contributed by atoms with Crippen molar-refractivity contribution in [3.63, 3.8) is 0 Å². The van der Waals surface area contributed by atoms with Gasteiger partial charge in [0.15, 0.2) is 0 Å². The van der Waals surface area contributed by atoms with Crippen LogP contribution in [0.2, 0.25) is 0 Å². The topological polar surface area (TPSA) is 45.2 Å². The molecule has 2 aromatic heterocycles. The summed E-state index contributed by atoms with van der Waals surface area (Å²) in [6.45, 7) is 1.93. The Bertz CT molecular complexity index is 737. The first-order valence-corrected chi connectivity index (χ1v) is 8.35. The van der Waals surface area contributed by atoms with Crippen LogP contribution < -0.4 is 9.80 Å². The van der Waals surface area contributed by atoms with Crippen LogP contribution >= 0.6 is 0 Å². The van der Waals surface area contributed by atoms with Gasteiger partial charge in [-0.3, -0.25) is 0 Å². The fourth-order valence-electron chi connectivity index (χ4n) is 3.89. The average Bonchev–Trinajstić information content (AvgIpc) is 3.05. The summed E-state index contributed by atoms with van der Waals surface area (Å²) in [6, 6.07) is 4.30. The number of halogens is 3. The molecular weight excluding hydrogens is 331 g/mol. The molecule has 0 spiro atoms. The van der Waals surface area contributed by atoms with Crippen LogP contribution in [-0.4, -0.2) is 40.6 Å². The molecule has 8 heteroatoms. The molecule has 0 N–H and O–H groups in total. The van der Waals surface area contributed by atoms with E-state index in [1.165, 1.54) is 12.3 Å². The Balaban J connectivity index is 1.61. The largest absolute Gasteiger partial charge is 0.419 e. The van der Waals surface area contributed by atoms with Crippen molar-refractivity contribution in [2.45, 2.75) is 25.1 Å². The van der Waals surface area contributed by atoms with Gasteiger partial charge >= 0.3 is 6.18 Å². The molecule has 0 aromatic carbocycles. The molecule has 2 aliphatic heterocycles. The highest BCUT2D eigenvalue weighted by Gasteiger charge is 2.42. The van der Waals surface area contributed by atoms with Gasteiger partial charge in [-0.15, -0.1) is 0 Å². The average molecular weight is 349 g/mol. The van der Waals surface area contributed by atoms with Gasteiger partial charge in [0.25, 0.3) is 0 Å². The van der Waals surface area contributed by atoms with Crippen LogP contribution in [0, 0.1) is 5.92 Å². The number of anilines is 2. The fraction of sp³-hybridized carbons (Fsp3) is 0.471. The van der Waals surface area contributed by atoms with Gasteiger partial charge in [0.1, 0.15) is 5.82 Å². The standard InChI is InChI=1S/C17H18F3N5/c18-17(19,20)13-3-1-6-21-15(13)24-9-4-12-5-10-25(14(12)11-24)16-22-7-2-8-23-16/h1-3,6-8,12,14H,4-5,9-11H2. The van der Waals surface area contributed by atoms with E-state index >= 15 is 0 Å². The first-order chi connectivity index (χ1) is 12.0. The van der Waals surface area contributed by atoms with Crippen LogP contribution in [-0.2, 0) is 6.18 Å². The van der Waals surface area contributed by atoms with Crippen LogP contribution in [0.25, 0.3) is 0 Å². The summed E-state index contributed by atoms with van der Waals surface area (Å²) in [5.74, 6) is 1.13.